The summed E-state index contributed by atoms with van der Waals surface area (Å²) in [5.74, 6) is 0.730. The predicted molar refractivity (Wildman–Crippen MR) is 73.5 cm³/mol. The topological polar surface area (TPSA) is 37.3 Å². The Labute approximate surface area is 108 Å². The van der Waals surface area contributed by atoms with Crippen molar-refractivity contribution < 1.29 is 9.90 Å². The van der Waals surface area contributed by atoms with Gasteiger partial charge in [-0.3, -0.25) is 4.79 Å². The van der Waals surface area contributed by atoms with Gasteiger partial charge in [0.25, 0.3) is 0 Å². The molecule has 0 spiro atoms. The molecule has 0 fully saturated rings. The molecule has 1 aromatic rings. The van der Waals surface area contributed by atoms with Gasteiger partial charge in [0.1, 0.15) is 11.5 Å². The number of hydrogen-bond donors (Lipinski definition) is 1. The van der Waals surface area contributed by atoms with E-state index in [4.69, 9.17) is 12.2 Å². The highest BCUT2D eigenvalue weighted by molar-refractivity contribution is 7.80. The number of carbonyl (C=O) groups is 1. The van der Waals surface area contributed by atoms with Crippen LogP contribution in [0.25, 0.3) is 0 Å². The SMILES string of the molecule is CC(C)CC(=S)CC(=O)Cc1ccccc1O. The summed E-state index contributed by atoms with van der Waals surface area (Å²) in [4.78, 5) is 12.6. The second-order valence-electron chi connectivity index (χ2n) is 4.66. The van der Waals surface area contributed by atoms with Crippen molar-refractivity contribution >= 4 is 22.9 Å². The fourth-order valence-corrected chi connectivity index (χ4v) is 2.18. The van der Waals surface area contributed by atoms with Gasteiger partial charge >= 0.3 is 0 Å². The second-order valence-corrected chi connectivity index (χ2v) is 5.23. The van der Waals surface area contributed by atoms with Crippen LogP contribution in [0.3, 0.4) is 0 Å². The van der Waals surface area contributed by atoms with E-state index in [1.807, 2.05) is 6.07 Å². The molecular formula is C14H18O2S. The van der Waals surface area contributed by atoms with Gasteiger partial charge < -0.3 is 5.11 Å². The number of thiocarbonyl (C=S) groups is 1. The quantitative estimate of drug-likeness (QED) is 0.787. The van der Waals surface area contributed by atoms with Gasteiger partial charge in [0.15, 0.2) is 0 Å². The molecule has 0 aromatic heterocycles. The molecule has 17 heavy (non-hydrogen) atoms. The number of Topliss-reactive ketones (excluding diaryl/α,β-unsaturated/α-hetero) is 1. The molecule has 0 aliphatic carbocycles. The van der Waals surface area contributed by atoms with Gasteiger partial charge in [-0.15, -0.1) is 0 Å². The predicted octanol–water partition coefficient (Wildman–Crippen LogP) is 3.31. The standard InChI is InChI=1S/C14H18O2S/c1-10(2)7-13(17)9-12(15)8-11-5-3-4-6-14(11)16/h3-6,10,16H,7-9H2,1-2H3. The third-order valence-electron chi connectivity index (χ3n) is 2.41. The molecule has 0 aliphatic heterocycles. The molecule has 1 rings (SSSR count). The first-order chi connectivity index (χ1) is 7.99. The maximum atomic E-state index is 11.8. The van der Waals surface area contributed by atoms with E-state index >= 15 is 0 Å². The van der Waals surface area contributed by atoms with Gasteiger partial charge in [0.05, 0.1) is 0 Å². The van der Waals surface area contributed by atoms with Crippen molar-refractivity contribution in [3.63, 3.8) is 0 Å². The van der Waals surface area contributed by atoms with Crippen molar-refractivity contribution in [2.45, 2.75) is 33.1 Å². The van der Waals surface area contributed by atoms with Crippen molar-refractivity contribution in [3.8, 4) is 5.75 Å². The van der Waals surface area contributed by atoms with Crippen molar-refractivity contribution in [1.82, 2.24) is 0 Å². The number of phenols is 1. The van der Waals surface area contributed by atoms with Gasteiger partial charge in [-0.25, -0.2) is 0 Å². The largest absolute Gasteiger partial charge is 0.508 e. The summed E-state index contributed by atoms with van der Waals surface area (Å²) in [7, 11) is 0. The maximum Gasteiger partial charge on any atom is 0.142 e. The first kappa shape index (κ1) is 13.8. The fourth-order valence-electron chi connectivity index (χ4n) is 1.68. The lowest BCUT2D eigenvalue weighted by Crippen LogP contribution is -2.10. The zero-order valence-electron chi connectivity index (χ0n) is 10.3. The van der Waals surface area contributed by atoms with Crippen molar-refractivity contribution in [2.75, 3.05) is 0 Å². The summed E-state index contributed by atoms with van der Waals surface area (Å²) in [6, 6.07) is 6.91. The lowest BCUT2D eigenvalue weighted by atomic mass is 10.0. The number of ketones is 1. The maximum absolute atomic E-state index is 11.8. The minimum Gasteiger partial charge on any atom is -0.508 e. The normalized spacial score (nSPS) is 10.5. The molecule has 0 atom stereocenters. The van der Waals surface area contributed by atoms with Crippen LogP contribution in [0.4, 0.5) is 0 Å². The Balaban J connectivity index is 2.51. The van der Waals surface area contributed by atoms with Crippen LogP contribution in [-0.4, -0.2) is 15.8 Å². The molecule has 0 saturated carbocycles. The Morgan fingerprint density at radius 1 is 1.35 bits per heavy atom. The first-order valence-electron chi connectivity index (χ1n) is 5.79. The van der Waals surface area contributed by atoms with E-state index < -0.39 is 0 Å². The number of carbonyl (C=O) groups excluding carboxylic acids is 1. The summed E-state index contributed by atoms with van der Waals surface area (Å²) < 4.78 is 0. The van der Waals surface area contributed by atoms with E-state index in [9.17, 15) is 9.90 Å². The lowest BCUT2D eigenvalue weighted by molar-refractivity contribution is -0.117. The summed E-state index contributed by atoms with van der Waals surface area (Å²) in [5.41, 5.74) is 0.671. The first-order valence-corrected chi connectivity index (χ1v) is 6.20. The molecule has 0 aliphatic rings. The van der Waals surface area contributed by atoms with Crippen LogP contribution in [0.5, 0.6) is 5.75 Å². The third-order valence-corrected chi connectivity index (χ3v) is 2.72. The lowest BCUT2D eigenvalue weighted by Gasteiger charge is -2.07. The van der Waals surface area contributed by atoms with E-state index in [1.54, 1.807) is 18.2 Å². The molecular weight excluding hydrogens is 232 g/mol. The van der Waals surface area contributed by atoms with Crippen LogP contribution in [0.2, 0.25) is 0 Å². The average Bonchev–Trinajstić information content (AvgIpc) is 2.19. The highest BCUT2D eigenvalue weighted by atomic mass is 32.1. The monoisotopic (exact) mass is 250 g/mol. The van der Waals surface area contributed by atoms with Crippen LogP contribution >= 0.6 is 12.2 Å². The van der Waals surface area contributed by atoms with Crippen LogP contribution in [0.1, 0.15) is 32.3 Å². The zero-order chi connectivity index (χ0) is 12.8. The highest BCUT2D eigenvalue weighted by Crippen LogP contribution is 2.17. The Morgan fingerprint density at radius 2 is 2.00 bits per heavy atom. The highest BCUT2D eigenvalue weighted by Gasteiger charge is 2.10. The van der Waals surface area contributed by atoms with Crippen molar-refractivity contribution in [1.29, 1.82) is 0 Å². The molecule has 0 amide bonds. The van der Waals surface area contributed by atoms with E-state index in [0.29, 0.717) is 17.9 Å². The van der Waals surface area contributed by atoms with Gasteiger partial charge in [-0.05, 0) is 18.4 Å². The van der Waals surface area contributed by atoms with Gasteiger partial charge in [-0.2, -0.15) is 0 Å². The summed E-state index contributed by atoms with van der Waals surface area (Å²) in [5, 5.41) is 9.55. The Morgan fingerprint density at radius 3 is 2.59 bits per heavy atom. The Kier molecular flexibility index (Phi) is 5.29. The smallest absolute Gasteiger partial charge is 0.142 e. The second kappa shape index (κ2) is 6.50. The van der Waals surface area contributed by atoms with Crippen LogP contribution in [0.15, 0.2) is 24.3 Å². The third kappa shape index (κ3) is 5.09. The molecule has 92 valence electrons. The van der Waals surface area contributed by atoms with E-state index in [1.165, 1.54) is 0 Å². The number of rotatable bonds is 6. The summed E-state index contributed by atoms with van der Waals surface area (Å²) in [6.07, 6.45) is 1.40. The fraction of sp³-hybridized carbons (Fsp3) is 0.429. The van der Waals surface area contributed by atoms with Crippen LogP contribution in [-0.2, 0) is 11.2 Å². The number of hydrogen-bond acceptors (Lipinski definition) is 3. The van der Waals surface area contributed by atoms with Gasteiger partial charge in [0, 0.05) is 23.3 Å². The molecule has 0 radical (unpaired) electrons. The number of phenolic OH excluding ortho intramolecular Hbond substituents is 1. The summed E-state index contributed by atoms with van der Waals surface area (Å²) >= 11 is 5.17. The zero-order valence-corrected chi connectivity index (χ0v) is 11.1. The Bertz CT molecular complexity index is 410. The minimum atomic E-state index is 0.0668. The Hall–Kier alpha value is -1.22. The van der Waals surface area contributed by atoms with Crippen molar-refractivity contribution in [3.05, 3.63) is 29.8 Å². The van der Waals surface area contributed by atoms with Crippen LogP contribution in [0, 0.1) is 5.92 Å². The van der Waals surface area contributed by atoms with Crippen molar-refractivity contribution in [2.24, 2.45) is 5.92 Å². The van der Waals surface area contributed by atoms with E-state index in [-0.39, 0.29) is 18.0 Å². The molecule has 1 aromatic carbocycles. The average molecular weight is 250 g/mol. The number of para-hydroxylation sites is 1. The molecule has 3 heteroatoms. The molecule has 0 bridgehead atoms. The van der Waals surface area contributed by atoms with E-state index in [2.05, 4.69) is 13.8 Å². The van der Waals surface area contributed by atoms with Crippen LogP contribution < -0.4 is 0 Å². The van der Waals surface area contributed by atoms with Gasteiger partial charge in [0.2, 0.25) is 0 Å². The molecule has 0 heterocycles. The summed E-state index contributed by atoms with van der Waals surface area (Å²) in [6.45, 7) is 4.17. The molecule has 0 unspecified atom stereocenters. The molecule has 2 nitrogen and oxygen atoms in total. The number of benzene rings is 1. The van der Waals surface area contributed by atoms with Gasteiger partial charge in [-0.1, -0.05) is 44.3 Å². The molecule has 1 N–H and O–H groups in total. The number of aromatic hydroxyl groups is 1. The van der Waals surface area contributed by atoms with E-state index in [0.717, 1.165) is 11.3 Å². The minimum absolute atomic E-state index is 0.0668. The molecule has 0 saturated heterocycles.